The lowest BCUT2D eigenvalue weighted by atomic mass is 10.1. The zero-order valence-electron chi connectivity index (χ0n) is 18.6. The molecule has 176 valence electrons. The molecule has 2 heterocycles. The van der Waals surface area contributed by atoms with Gasteiger partial charge in [-0.2, -0.15) is 4.31 Å². The van der Waals surface area contributed by atoms with E-state index in [1.54, 1.807) is 30.3 Å². The maximum absolute atomic E-state index is 12.8. The van der Waals surface area contributed by atoms with E-state index in [2.05, 4.69) is 5.32 Å². The summed E-state index contributed by atoms with van der Waals surface area (Å²) in [5.41, 5.74) is 1.35. The average molecular weight is 480 g/mol. The molecule has 0 bridgehead atoms. The Morgan fingerprint density at radius 2 is 1.68 bits per heavy atom. The summed E-state index contributed by atoms with van der Waals surface area (Å²) in [5.74, 6) is 0.0578. The number of hydrogen-bond acceptors (Lipinski definition) is 5. The number of rotatable bonds is 8. The van der Waals surface area contributed by atoms with Gasteiger partial charge in [0.15, 0.2) is 0 Å². The predicted molar refractivity (Wildman–Crippen MR) is 129 cm³/mol. The molecule has 9 heteroatoms. The standard InChI is InChI=1S/C25H25N3O5S/c29-23(17-28-22-8-4-6-18-5-3-7-21(24(18)22)25(28)30)26-13-16-33-19-9-11-20(12-10-19)34(31,32)27-14-1-2-15-27/h3-12H,1-2,13-17H2,(H,26,29). The van der Waals surface area contributed by atoms with E-state index in [9.17, 15) is 18.0 Å². The van der Waals surface area contributed by atoms with Crippen molar-refractivity contribution in [3.63, 3.8) is 0 Å². The molecular weight excluding hydrogens is 454 g/mol. The highest BCUT2D eigenvalue weighted by molar-refractivity contribution is 7.89. The molecule has 1 N–H and O–H groups in total. The van der Waals surface area contributed by atoms with Crippen molar-refractivity contribution in [3.8, 4) is 5.75 Å². The van der Waals surface area contributed by atoms with Crippen LogP contribution in [0.15, 0.2) is 65.6 Å². The Labute approximate surface area is 198 Å². The van der Waals surface area contributed by atoms with Crippen LogP contribution in [0.1, 0.15) is 23.2 Å². The van der Waals surface area contributed by atoms with Crippen LogP contribution in [0.4, 0.5) is 5.69 Å². The topological polar surface area (TPSA) is 96.0 Å². The molecule has 0 aromatic heterocycles. The number of sulfonamides is 1. The van der Waals surface area contributed by atoms with Crippen LogP contribution in [0.2, 0.25) is 0 Å². The van der Waals surface area contributed by atoms with E-state index in [4.69, 9.17) is 4.74 Å². The van der Waals surface area contributed by atoms with Gasteiger partial charge in [0.2, 0.25) is 15.9 Å². The molecule has 34 heavy (non-hydrogen) atoms. The van der Waals surface area contributed by atoms with Crippen LogP contribution >= 0.6 is 0 Å². The molecule has 8 nitrogen and oxygen atoms in total. The van der Waals surface area contributed by atoms with Gasteiger partial charge >= 0.3 is 0 Å². The van der Waals surface area contributed by atoms with Gasteiger partial charge in [0, 0.05) is 24.0 Å². The van der Waals surface area contributed by atoms with Gasteiger partial charge in [0.25, 0.3) is 5.91 Å². The van der Waals surface area contributed by atoms with Crippen LogP contribution in [0.5, 0.6) is 5.75 Å². The van der Waals surface area contributed by atoms with Crippen molar-refractivity contribution in [1.82, 2.24) is 9.62 Å². The molecule has 2 aliphatic rings. The van der Waals surface area contributed by atoms with Crippen LogP contribution < -0.4 is 15.0 Å². The Bertz CT molecular complexity index is 1340. The lowest BCUT2D eigenvalue weighted by Gasteiger charge is -2.17. The number of benzene rings is 3. The number of ether oxygens (including phenoxy) is 1. The predicted octanol–water partition coefficient (Wildman–Crippen LogP) is 2.78. The summed E-state index contributed by atoms with van der Waals surface area (Å²) >= 11 is 0. The molecule has 2 aliphatic heterocycles. The van der Waals surface area contributed by atoms with E-state index >= 15 is 0 Å². The summed E-state index contributed by atoms with van der Waals surface area (Å²) in [7, 11) is -3.45. The van der Waals surface area contributed by atoms with E-state index in [-0.39, 0.29) is 36.4 Å². The van der Waals surface area contributed by atoms with Gasteiger partial charge in [0.05, 0.1) is 17.1 Å². The van der Waals surface area contributed by atoms with Gasteiger partial charge < -0.3 is 10.1 Å². The van der Waals surface area contributed by atoms with Gasteiger partial charge in [-0.05, 0) is 54.6 Å². The maximum Gasteiger partial charge on any atom is 0.259 e. The molecule has 3 aromatic carbocycles. The first-order valence-corrected chi connectivity index (χ1v) is 12.7. The zero-order chi connectivity index (χ0) is 23.7. The van der Waals surface area contributed by atoms with Gasteiger partial charge in [-0.15, -0.1) is 0 Å². The summed E-state index contributed by atoms with van der Waals surface area (Å²) in [4.78, 5) is 27.0. The molecule has 0 atom stereocenters. The Kier molecular flexibility index (Phi) is 5.97. The summed E-state index contributed by atoms with van der Waals surface area (Å²) < 4.78 is 32.3. The minimum absolute atomic E-state index is 0.0737. The third kappa shape index (κ3) is 4.12. The molecule has 0 spiro atoms. The lowest BCUT2D eigenvalue weighted by Crippen LogP contribution is -2.40. The average Bonchev–Trinajstić information content (AvgIpc) is 3.48. The first kappa shape index (κ1) is 22.4. The van der Waals surface area contributed by atoms with Crippen molar-refractivity contribution in [2.45, 2.75) is 17.7 Å². The van der Waals surface area contributed by atoms with Crippen molar-refractivity contribution < 1.29 is 22.7 Å². The van der Waals surface area contributed by atoms with Crippen LogP contribution in [0.3, 0.4) is 0 Å². The summed E-state index contributed by atoms with van der Waals surface area (Å²) in [6, 6.07) is 17.6. The van der Waals surface area contributed by atoms with Crippen molar-refractivity contribution in [1.29, 1.82) is 0 Å². The number of carbonyl (C=O) groups is 2. The van der Waals surface area contributed by atoms with Crippen molar-refractivity contribution in [3.05, 3.63) is 66.2 Å². The fourth-order valence-corrected chi connectivity index (χ4v) is 6.00. The highest BCUT2D eigenvalue weighted by Crippen LogP contribution is 2.36. The normalized spacial score (nSPS) is 15.8. The second kappa shape index (κ2) is 9.08. The minimum Gasteiger partial charge on any atom is -0.492 e. The van der Waals surface area contributed by atoms with Gasteiger partial charge in [-0.25, -0.2) is 8.42 Å². The number of anilines is 1. The number of hydrogen-bond donors (Lipinski definition) is 1. The molecule has 5 rings (SSSR count). The van der Waals surface area contributed by atoms with Crippen molar-refractivity contribution in [2.24, 2.45) is 0 Å². The second-order valence-corrected chi connectivity index (χ2v) is 10.3. The highest BCUT2D eigenvalue weighted by atomic mass is 32.2. The molecule has 0 unspecified atom stereocenters. The number of nitrogens with zero attached hydrogens (tertiary/aromatic N) is 2. The monoisotopic (exact) mass is 479 g/mol. The fraction of sp³-hybridized carbons (Fsp3) is 0.280. The Morgan fingerprint density at radius 3 is 2.41 bits per heavy atom. The quantitative estimate of drug-likeness (QED) is 0.501. The Hall–Kier alpha value is -3.43. The maximum atomic E-state index is 12.8. The summed E-state index contributed by atoms with van der Waals surface area (Å²) in [6.07, 6.45) is 1.78. The zero-order valence-corrected chi connectivity index (χ0v) is 19.4. The molecule has 0 radical (unpaired) electrons. The van der Waals surface area contributed by atoms with Crippen molar-refractivity contribution >= 4 is 38.3 Å². The highest BCUT2D eigenvalue weighted by Gasteiger charge is 2.31. The van der Waals surface area contributed by atoms with E-state index in [0.29, 0.717) is 24.4 Å². The minimum atomic E-state index is -3.45. The molecule has 0 saturated carbocycles. The summed E-state index contributed by atoms with van der Waals surface area (Å²) in [5, 5.41) is 4.62. The van der Waals surface area contributed by atoms with Crippen LogP contribution in [0.25, 0.3) is 10.8 Å². The Morgan fingerprint density at radius 1 is 0.971 bits per heavy atom. The van der Waals surface area contributed by atoms with E-state index in [0.717, 1.165) is 29.3 Å². The summed E-state index contributed by atoms with van der Waals surface area (Å²) in [6.45, 7) is 1.52. The van der Waals surface area contributed by atoms with Crippen LogP contribution in [-0.2, 0) is 14.8 Å². The van der Waals surface area contributed by atoms with Crippen LogP contribution in [0, 0.1) is 0 Å². The third-order valence-corrected chi connectivity index (χ3v) is 8.08. The van der Waals surface area contributed by atoms with E-state index in [1.807, 2.05) is 30.3 Å². The Balaban J connectivity index is 1.12. The third-order valence-electron chi connectivity index (χ3n) is 6.17. The van der Waals surface area contributed by atoms with Crippen LogP contribution in [-0.4, -0.2) is 57.3 Å². The molecular formula is C25H25N3O5S. The molecule has 1 saturated heterocycles. The smallest absolute Gasteiger partial charge is 0.259 e. The number of carbonyl (C=O) groups excluding carboxylic acids is 2. The number of nitrogens with one attached hydrogen (secondary N) is 1. The second-order valence-electron chi connectivity index (χ2n) is 8.35. The van der Waals surface area contributed by atoms with Crippen molar-refractivity contribution in [2.75, 3.05) is 37.7 Å². The number of amides is 2. The molecule has 3 aromatic rings. The molecule has 1 fully saturated rings. The first-order valence-electron chi connectivity index (χ1n) is 11.3. The first-order chi connectivity index (χ1) is 16.4. The van der Waals surface area contributed by atoms with Gasteiger partial charge in [-0.1, -0.05) is 24.3 Å². The molecule has 0 aliphatic carbocycles. The largest absolute Gasteiger partial charge is 0.492 e. The lowest BCUT2D eigenvalue weighted by molar-refractivity contribution is -0.119. The van der Waals surface area contributed by atoms with Gasteiger partial charge in [-0.3, -0.25) is 14.5 Å². The fourth-order valence-electron chi connectivity index (χ4n) is 4.48. The van der Waals surface area contributed by atoms with Gasteiger partial charge in [0.1, 0.15) is 18.9 Å². The SMILES string of the molecule is O=C(CN1C(=O)c2cccc3cccc1c23)NCCOc1ccc(S(=O)(=O)N2CCCC2)cc1. The van der Waals surface area contributed by atoms with E-state index in [1.165, 1.54) is 9.21 Å². The molecule has 2 amide bonds. The van der Waals surface area contributed by atoms with E-state index < -0.39 is 10.0 Å².